The quantitative estimate of drug-likeness (QED) is 0.749. The topological polar surface area (TPSA) is 46.8 Å². The third kappa shape index (κ3) is 3.65. The molecule has 0 amide bonds. The molecule has 5 nitrogen and oxygen atoms in total. The minimum Gasteiger partial charge on any atom is -0.385 e. The highest BCUT2D eigenvalue weighted by Gasteiger charge is 2.05. The van der Waals surface area contributed by atoms with Crippen LogP contribution >= 0.6 is 0 Å². The highest BCUT2D eigenvalue weighted by atomic mass is 16.5. The highest BCUT2D eigenvalue weighted by Crippen LogP contribution is 2.04. The van der Waals surface area contributed by atoms with Gasteiger partial charge in [0.15, 0.2) is 0 Å². The van der Waals surface area contributed by atoms with Crippen LogP contribution in [0.25, 0.3) is 5.65 Å². The number of nitrogens with zero attached hydrogens (tertiary/aromatic N) is 3. The molecule has 0 unspecified atom stereocenters. The van der Waals surface area contributed by atoms with E-state index in [0.717, 1.165) is 30.8 Å². The first-order valence-corrected chi connectivity index (χ1v) is 6.76. The molecule has 0 N–H and O–H groups in total. The summed E-state index contributed by atoms with van der Waals surface area (Å²) in [6, 6.07) is 5.46. The second kappa shape index (κ2) is 6.63. The number of ether oxygens (including phenoxy) is 1. The van der Waals surface area contributed by atoms with Crippen LogP contribution in [-0.4, -0.2) is 41.6 Å². The Morgan fingerprint density at radius 1 is 1.40 bits per heavy atom. The Morgan fingerprint density at radius 3 is 2.95 bits per heavy atom. The molecule has 0 aliphatic rings. The summed E-state index contributed by atoms with van der Waals surface area (Å²) >= 11 is 0. The molecular weight excluding hydrogens is 254 g/mol. The molecule has 108 valence electrons. The number of aryl methyl sites for hydroxylation is 1. The van der Waals surface area contributed by atoms with E-state index in [1.54, 1.807) is 17.6 Å². The minimum atomic E-state index is -0.0287. The summed E-state index contributed by atoms with van der Waals surface area (Å²) in [5.74, 6) is 0. The van der Waals surface area contributed by atoms with Crippen molar-refractivity contribution >= 4 is 5.65 Å². The van der Waals surface area contributed by atoms with Gasteiger partial charge in [-0.15, -0.1) is 0 Å². The van der Waals surface area contributed by atoms with Crippen LogP contribution in [0.3, 0.4) is 0 Å². The molecule has 0 radical (unpaired) electrons. The predicted molar refractivity (Wildman–Crippen MR) is 79.0 cm³/mol. The Morgan fingerprint density at radius 2 is 2.20 bits per heavy atom. The molecule has 2 aromatic rings. The normalized spacial score (nSPS) is 11.4. The summed E-state index contributed by atoms with van der Waals surface area (Å²) in [5.41, 5.74) is 2.52. The maximum Gasteiger partial charge on any atom is 0.258 e. The van der Waals surface area contributed by atoms with Crippen LogP contribution < -0.4 is 5.56 Å². The maximum atomic E-state index is 12.1. The molecule has 0 fully saturated rings. The minimum absolute atomic E-state index is 0.0287. The molecule has 2 rings (SSSR count). The number of rotatable bonds is 6. The largest absolute Gasteiger partial charge is 0.385 e. The van der Waals surface area contributed by atoms with Gasteiger partial charge in [0.05, 0.1) is 5.69 Å². The lowest BCUT2D eigenvalue weighted by molar-refractivity contribution is 0.178. The van der Waals surface area contributed by atoms with Crippen molar-refractivity contribution in [2.24, 2.45) is 0 Å². The summed E-state index contributed by atoms with van der Waals surface area (Å²) in [4.78, 5) is 18.8. The fourth-order valence-electron chi connectivity index (χ4n) is 2.17. The first-order chi connectivity index (χ1) is 9.60. The number of hydrogen-bond acceptors (Lipinski definition) is 4. The standard InChI is InChI=1S/C15H21N3O2/c1-12-5-6-14-16-13(9-15(19)18(14)10-12)11-17(2)7-4-8-20-3/h5-6,9-10H,4,7-8,11H2,1-3H3. The summed E-state index contributed by atoms with van der Waals surface area (Å²) in [7, 11) is 3.72. The molecular formula is C15H21N3O2. The van der Waals surface area contributed by atoms with E-state index < -0.39 is 0 Å². The lowest BCUT2D eigenvalue weighted by Crippen LogP contribution is -2.23. The molecule has 0 aromatic carbocycles. The lowest BCUT2D eigenvalue weighted by Gasteiger charge is -2.16. The van der Waals surface area contributed by atoms with Gasteiger partial charge in [-0.1, -0.05) is 6.07 Å². The van der Waals surface area contributed by atoms with Crippen molar-refractivity contribution in [3.8, 4) is 0 Å². The van der Waals surface area contributed by atoms with Crippen LogP contribution in [0.15, 0.2) is 29.2 Å². The third-order valence-corrected chi connectivity index (χ3v) is 3.18. The van der Waals surface area contributed by atoms with E-state index >= 15 is 0 Å². The van der Waals surface area contributed by atoms with E-state index in [1.165, 1.54) is 0 Å². The molecule has 5 heteroatoms. The lowest BCUT2D eigenvalue weighted by atomic mass is 10.3. The molecule has 0 aliphatic carbocycles. The number of hydrogen-bond donors (Lipinski definition) is 0. The van der Waals surface area contributed by atoms with Gasteiger partial charge < -0.3 is 9.64 Å². The Balaban J connectivity index is 2.15. The SMILES string of the molecule is COCCCN(C)Cc1cc(=O)n2cc(C)ccc2n1. The summed E-state index contributed by atoms with van der Waals surface area (Å²) in [6.45, 7) is 4.30. The van der Waals surface area contributed by atoms with Crippen molar-refractivity contribution < 1.29 is 4.74 Å². The smallest absolute Gasteiger partial charge is 0.258 e. The van der Waals surface area contributed by atoms with E-state index in [-0.39, 0.29) is 5.56 Å². The van der Waals surface area contributed by atoms with Gasteiger partial charge in [-0.25, -0.2) is 4.98 Å². The zero-order valence-electron chi connectivity index (χ0n) is 12.3. The van der Waals surface area contributed by atoms with E-state index in [9.17, 15) is 4.79 Å². The van der Waals surface area contributed by atoms with Crippen LogP contribution in [0.2, 0.25) is 0 Å². The first-order valence-electron chi connectivity index (χ1n) is 6.76. The van der Waals surface area contributed by atoms with Gasteiger partial charge >= 0.3 is 0 Å². The van der Waals surface area contributed by atoms with E-state index in [1.807, 2.05) is 32.3 Å². The van der Waals surface area contributed by atoms with Crippen LogP contribution in [-0.2, 0) is 11.3 Å². The van der Waals surface area contributed by atoms with Gasteiger partial charge in [0, 0.05) is 39.1 Å². The summed E-state index contributed by atoms with van der Waals surface area (Å²) < 4.78 is 6.62. The fourth-order valence-corrected chi connectivity index (χ4v) is 2.17. The van der Waals surface area contributed by atoms with Crippen LogP contribution in [0.5, 0.6) is 0 Å². The van der Waals surface area contributed by atoms with E-state index in [2.05, 4.69) is 9.88 Å². The van der Waals surface area contributed by atoms with Gasteiger partial charge in [0.2, 0.25) is 0 Å². The van der Waals surface area contributed by atoms with Gasteiger partial charge in [-0.05, 0) is 32.0 Å². The molecule has 20 heavy (non-hydrogen) atoms. The molecule has 0 saturated heterocycles. The highest BCUT2D eigenvalue weighted by molar-refractivity contribution is 5.39. The second-order valence-electron chi connectivity index (χ2n) is 5.10. The van der Waals surface area contributed by atoms with Crippen molar-refractivity contribution in [1.29, 1.82) is 0 Å². The van der Waals surface area contributed by atoms with E-state index in [0.29, 0.717) is 12.2 Å². The number of aromatic nitrogens is 2. The fraction of sp³-hybridized carbons (Fsp3) is 0.467. The van der Waals surface area contributed by atoms with Gasteiger partial charge in [-0.3, -0.25) is 9.20 Å². The van der Waals surface area contributed by atoms with Crippen molar-refractivity contribution in [2.45, 2.75) is 19.9 Å². The maximum absolute atomic E-state index is 12.1. The molecule has 0 spiro atoms. The summed E-state index contributed by atoms with van der Waals surface area (Å²) in [6.07, 6.45) is 2.79. The van der Waals surface area contributed by atoms with Crippen LogP contribution in [0, 0.1) is 6.92 Å². The summed E-state index contributed by atoms with van der Waals surface area (Å²) in [5, 5.41) is 0. The number of fused-ring (bicyclic) bond motifs is 1. The number of methoxy groups -OCH3 is 1. The molecule has 2 aromatic heterocycles. The second-order valence-corrected chi connectivity index (χ2v) is 5.10. The van der Waals surface area contributed by atoms with Crippen molar-refractivity contribution in [2.75, 3.05) is 27.3 Å². The van der Waals surface area contributed by atoms with Gasteiger partial charge in [-0.2, -0.15) is 0 Å². The zero-order chi connectivity index (χ0) is 14.5. The Hall–Kier alpha value is -1.72. The molecule has 0 aliphatic heterocycles. The van der Waals surface area contributed by atoms with Crippen LogP contribution in [0.1, 0.15) is 17.7 Å². The molecule has 2 heterocycles. The van der Waals surface area contributed by atoms with E-state index in [4.69, 9.17) is 4.74 Å². The monoisotopic (exact) mass is 275 g/mol. The third-order valence-electron chi connectivity index (χ3n) is 3.18. The molecule has 0 atom stereocenters. The predicted octanol–water partition coefficient (Wildman–Crippen LogP) is 1.47. The Bertz CT molecular complexity index is 637. The average molecular weight is 275 g/mol. The zero-order valence-corrected chi connectivity index (χ0v) is 12.3. The van der Waals surface area contributed by atoms with Gasteiger partial charge in [0.1, 0.15) is 5.65 Å². The molecule has 0 bridgehead atoms. The van der Waals surface area contributed by atoms with Crippen molar-refractivity contribution in [3.63, 3.8) is 0 Å². The average Bonchev–Trinajstić information content (AvgIpc) is 2.40. The Labute approximate surface area is 118 Å². The number of pyridine rings is 1. The molecule has 0 saturated carbocycles. The van der Waals surface area contributed by atoms with Gasteiger partial charge in [0.25, 0.3) is 5.56 Å². The Kier molecular flexibility index (Phi) is 4.87. The first kappa shape index (κ1) is 14.7. The van der Waals surface area contributed by atoms with Crippen molar-refractivity contribution in [3.05, 3.63) is 46.0 Å². The van der Waals surface area contributed by atoms with Crippen molar-refractivity contribution in [1.82, 2.24) is 14.3 Å². The van der Waals surface area contributed by atoms with Crippen LogP contribution in [0.4, 0.5) is 0 Å².